The molecule has 1 fully saturated rings. The largest absolute Gasteiger partial charge is 0.349 e. The van der Waals surface area contributed by atoms with E-state index in [1.165, 1.54) is 19.3 Å². The topological polar surface area (TPSA) is 29.1 Å². The first-order valence-electron chi connectivity index (χ1n) is 6.89. The summed E-state index contributed by atoms with van der Waals surface area (Å²) in [5, 5.41) is 3.16. The van der Waals surface area contributed by atoms with Gasteiger partial charge in [0, 0.05) is 15.4 Å². The number of halogens is 1. The fourth-order valence-electron chi connectivity index (χ4n) is 2.74. The molecular formula is C15H20BrNOS. The standard InChI is InChI=1S/C15H20BrNOS/c1-2-10-4-3-5-11(8-10)17-15(18)13-9-12(19)6-7-14(13)16/h6-7,9-11,19H,2-5,8H2,1H3,(H,17,18). The van der Waals surface area contributed by atoms with Gasteiger partial charge in [-0.25, -0.2) is 0 Å². The van der Waals surface area contributed by atoms with Crippen molar-refractivity contribution in [2.24, 2.45) is 5.92 Å². The lowest BCUT2D eigenvalue weighted by Crippen LogP contribution is -2.38. The first kappa shape index (κ1) is 14.9. The monoisotopic (exact) mass is 341 g/mol. The second-order valence-electron chi connectivity index (χ2n) is 5.28. The summed E-state index contributed by atoms with van der Waals surface area (Å²) in [6.07, 6.45) is 5.94. The van der Waals surface area contributed by atoms with Gasteiger partial charge in [0.05, 0.1) is 5.56 Å². The van der Waals surface area contributed by atoms with Crippen LogP contribution < -0.4 is 5.32 Å². The van der Waals surface area contributed by atoms with E-state index in [-0.39, 0.29) is 5.91 Å². The lowest BCUT2D eigenvalue weighted by atomic mass is 9.84. The van der Waals surface area contributed by atoms with Crippen molar-refractivity contribution < 1.29 is 4.79 Å². The molecule has 0 spiro atoms. The van der Waals surface area contributed by atoms with Crippen molar-refractivity contribution in [3.63, 3.8) is 0 Å². The third-order valence-corrected chi connectivity index (χ3v) is 4.86. The molecule has 2 atom stereocenters. The molecule has 1 N–H and O–H groups in total. The van der Waals surface area contributed by atoms with Crippen LogP contribution in [0.25, 0.3) is 0 Å². The number of hydrogen-bond donors (Lipinski definition) is 2. The molecule has 104 valence electrons. The number of carbonyl (C=O) groups excluding carboxylic acids is 1. The van der Waals surface area contributed by atoms with E-state index >= 15 is 0 Å². The first-order chi connectivity index (χ1) is 9.10. The van der Waals surface area contributed by atoms with Gasteiger partial charge >= 0.3 is 0 Å². The molecule has 1 aliphatic rings. The Labute approximate surface area is 128 Å². The second kappa shape index (κ2) is 6.80. The summed E-state index contributed by atoms with van der Waals surface area (Å²) in [4.78, 5) is 13.1. The molecule has 0 heterocycles. The van der Waals surface area contributed by atoms with Crippen LogP contribution in [0.2, 0.25) is 0 Å². The zero-order chi connectivity index (χ0) is 13.8. The SMILES string of the molecule is CCC1CCCC(NC(=O)c2cc(S)ccc2Br)C1. The van der Waals surface area contributed by atoms with Gasteiger partial charge in [-0.15, -0.1) is 12.6 Å². The number of rotatable bonds is 3. The van der Waals surface area contributed by atoms with Crippen LogP contribution in [0.3, 0.4) is 0 Å². The molecule has 0 aliphatic heterocycles. The molecule has 1 aromatic carbocycles. The molecule has 19 heavy (non-hydrogen) atoms. The highest BCUT2D eigenvalue weighted by Gasteiger charge is 2.23. The third kappa shape index (κ3) is 3.99. The first-order valence-corrected chi connectivity index (χ1v) is 8.13. The molecule has 0 bridgehead atoms. The number of thiol groups is 1. The van der Waals surface area contributed by atoms with Gasteiger partial charge in [0.1, 0.15) is 0 Å². The molecular weight excluding hydrogens is 322 g/mol. The van der Waals surface area contributed by atoms with Crippen molar-refractivity contribution in [1.29, 1.82) is 0 Å². The van der Waals surface area contributed by atoms with Crippen LogP contribution in [-0.4, -0.2) is 11.9 Å². The third-order valence-electron chi connectivity index (χ3n) is 3.89. The van der Waals surface area contributed by atoms with Gasteiger partial charge in [-0.3, -0.25) is 4.79 Å². The highest BCUT2D eigenvalue weighted by atomic mass is 79.9. The van der Waals surface area contributed by atoms with Crippen molar-refractivity contribution in [2.45, 2.75) is 50.0 Å². The van der Waals surface area contributed by atoms with Crippen molar-refractivity contribution in [3.8, 4) is 0 Å². The number of hydrogen-bond acceptors (Lipinski definition) is 2. The van der Waals surface area contributed by atoms with E-state index in [9.17, 15) is 4.79 Å². The summed E-state index contributed by atoms with van der Waals surface area (Å²) in [5.74, 6) is 0.767. The average molecular weight is 342 g/mol. The number of benzene rings is 1. The van der Waals surface area contributed by atoms with Crippen LogP contribution in [0.5, 0.6) is 0 Å². The van der Waals surface area contributed by atoms with E-state index in [0.717, 1.165) is 28.1 Å². The molecule has 1 aliphatic carbocycles. The Bertz CT molecular complexity index is 463. The summed E-state index contributed by atoms with van der Waals surface area (Å²) < 4.78 is 0.825. The van der Waals surface area contributed by atoms with Crippen molar-refractivity contribution in [2.75, 3.05) is 0 Å². The van der Waals surface area contributed by atoms with Gasteiger partial charge in [-0.2, -0.15) is 0 Å². The van der Waals surface area contributed by atoms with Gasteiger partial charge in [0.2, 0.25) is 0 Å². The minimum Gasteiger partial charge on any atom is -0.349 e. The van der Waals surface area contributed by atoms with E-state index in [0.29, 0.717) is 11.6 Å². The Morgan fingerprint density at radius 1 is 1.47 bits per heavy atom. The van der Waals surface area contributed by atoms with Crippen molar-refractivity contribution in [1.82, 2.24) is 5.32 Å². The van der Waals surface area contributed by atoms with E-state index in [1.54, 1.807) is 0 Å². The Morgan fingerprint density at radius 2 is 2.26 bits per heavy atom. The molecule has 2 unspecified atom stereocenters. The van der Waals surface area contributed by atoms with E-state index < -0.39 is 0 Å². The van der Waals surface area contributed by atoms with E-state index in [4.69, 9.17) is 0 Å². The molecule has 4 heteroatoms. The Hall–Kier alpha value is -0.480. The number of nitrogens with one attached hydrogen (secondary N) is 1. The second-order valence-corrected chi connectivity index (χ2v) is 6.65. The molecule has 0 radical (unpaired) electrons. The Kier molecular flexibility index (Phi) is 5.34. The lowest BCUT2D eigenvalue weighted by Gasteiger charge is -2.29. The van der Waals surface area contributed by atoms with Gasteiger partial charge < -0.3 is 5.32 Å². The minimum atomic E-state index is 0.00419. The van der Waals surface area contributed by atoms with Crippen LogP contribution in [-0.2, 0) is 0 Å². The normalized spacial score (nSPS) is 23.1. The van der Waals surface area contributed by atoms with Gasteiger partial charge in [0.15, 0.2) is 0 Å². The van der Waals surface area contributed by atoms with Gasteiger partial charge in [0.25, 0.3) is 5.91 Å². The Morgan fingerprint density at radius 3 is 3.00 bits per heavy atom. The van der Waals surface area contributed by atoms with Crippen molar-refractivity contribution in [3.05, 3.63) is 28.2 Å². The molecule has 1 amide bonds. The summed E-state index contributed by atoms with van der Waals surface area (Å²) in [6.45, 7) is 2.23. The highest BCUT2D eigenvalue weighted by Crippen LogP contribution is 2.27. The maximum Gasteiger partial charge on any atom is 0.252 e. The van der Waals surface area contributed by atoms with E-state index in [1.807, 2.05) is 18.2 Å². The maximum absolute atomic E-state index is 12.3. The summed E-state index contributed by atoms with van der Waals surface area (Å²) in [5.41, 5.74) is 0.672. The molecule has 2 nitrogen and oxygen atoms in total. The summed E-state index contributed by atoms with van der Waals surface area (Å²) >= 11 is 7.72. The summed E-state index contributed by atoms with van der Waals surface area (Å²) in [6, 6.07) is 5.87. The molecule has 1 aromatic rings. The minimum absolute atomic E-state index is 0.00419. The van der Waals surface area contributed by atoms with Crippen LogP contribution in [0, 0.1) is 5.92 Å². The molecule has 2 rings (SSSR count). The zero-order valence-corrected chi connectivity index (χ0v) is 13.6. The number of amides is 1. The highest BCUT2D eigenvalue weighted by molar-refractivity contribution is 9.10. The van der Waals surface area contributed by atoms with E-state index in [2.05, 4.69) is 40.8 Å². The maximum atomic E-state index is 12.3. The lowest BCUT2D eigenvalue weighted by molar-refractivity contribution is 0.0918. The average Bonchev–Trinajstić information content (AvgIpc) is 2.41. The quantitative estimate of drug-likeness (QED) is 0.782. The van der Waals surface area contributed by atoms with Gasteiger partial charge in [-0.05, 0) is 52.9 Å². The number of carbonyl (C=O) groups is 1. The molecule has 1 saturated carbocycles. The van der Waals surface area contributed by atoms with Crippen LogP contribution in [0.15, 0.2) is 27.6 Å². The fourth-order valence-corrected chi connectivity index (χ4v) is 3.37. The molecule has 0 saturated heterocycles. The van der Waals surface area contributed by atoms with Crippen molar-refractivity contribution >= 4 is 34.5 Å². The van der Waals surface area contributed by atoms with Crippen LogP contribution in [0.4, 0.5) is 0 Å². The fraction of sp³-hybridized carbons (Fsp3) is 0.533. The molecule has 0 aromatic heterocycles. The smallest absolute Gasteiger partial charge is 0.252 e. The van der Waals surface area contributed by atoms with Crippen LogP contribution >= 0.6 is 28.6 Å². The zero-order valence-electron chi connectivity index (χ0n) is 11.2. The predicted octanol–water partition coefficient (Wildman–Crippen LogP) is 4.44. The van der Waals surface area contributed by atoms with Gasteiger partial charge in [-0.1, -0.05) is 26.2 Å². The van der Waals surface area contributed by atoms with Crippen LogP contribution in [0.1, 0.15) is 49.4 Å². The Balaban J connectivity index is 2.02. The summed E-state index contributed by atoms with van der Waals surface area (Å²) in [7, 11) is 0. The predicted molar refractivity (Wildman–Crippen MR) is 84.9 cm³/mol.